The summed E-state index contributed by atoms with van der Waals surface area (Å²) in [4.78, 5) is 39.7. The second-order valence-electron chi connectivity index (χ2n) is 7.36. The highest BCUT2D eigenvalue weighted by molar-refractivity contribution is 6.05. The van der Waals surface area contributed by atoms with Crippen molar-refractivity contribution in [3.05, 3.63) is 71.4 Å². The first kappa shape index (κ1) is 24.0. The van der Waals surface area contributed by atoms with Crippen LogP contribution in [0.5, 0.6) is 5.75 Å². The van der Waals surface area contributed by atoms with Crippen LogP contribution in [0.2, 0.25) is 0 Å². The Kier molecular flexibility index (Phi) is 8.98. The van der Waals surface area contributed by atoms with Crippen LogP contribution in [0, 0.1) is 0 Å². The maximum atomic E-state index is 12.8. The third-order valence-electron chi connectivity index (χ3n) is 5.03. The van der Waals surface area contributed by atoms with Crippen LogP contribution in [0.4, 0.5) is 0 Å². The van der Waals surface area contributed by atoms with Crippen molar-refractivity contribution < 1.29 is 23.9 Å². The minimum atomic E-state index is -0.644. The normalized spacial score (nSPS) is 14.3. The molecule has 0 spiro atoms. The van der Waals surface area contributed by atoms with Crippen LogP contribution in [0.3, 0.4) is 0 Å². The predicted octanol–water partition coefficient (Wildman–Crippen LogP) is 1.34. The van der Waals surface area contributed by atoms with Gasteiger partial charge in [0.25, 0.3) is 11.8 Å². The molecule has 1 aliphatic heterocycles. The van der Waals surface area contributed by atoms with Gasteiger partial charge in [0, 0.05) is 31.6 Å². The average Bonchev–Trinajstić information content (AvgIpc) is 2.87. The number of carbonyl (C=O) groups is 3. The van der Waals surface area contributed by atoms with Crippen LogP contribution in [0.1, 0.15) is 22.3 Å². The van der Waals surface area contributed by atoms with Gasteiger partial charge in [-0.2, -0.15) is 0 Å². The molecule has 3 amide bonds. The average molecular weight is 453 g/mol. The lowest BCUT2D eigenvalue weighted by atomic mass is 10.1. The van der Waals surface area contributed by atoms with Crippen molar-refractivity contribution in [1.29, 1.82) is 0 Å². The lowest BCUT2D eigenvalue weighted by molar-refractivity contribution is -0.127. The summed E-state index contributed by atoms with van der Waals surface area (Å²) < 4.78 is 10.4. The van der Waals surface area contributed by atoms with Crippen molar-refractivity contribution in [3.8, 4) is 5.75 Å². The Hall–Kier alpha value is -3.69. The quantitative estimate of drug-likeness (QED) is 0.412. The highest BCUT2D eigenvalue weighted by Gasteiger charge is 2.16. The number of amides is 3. The van der Waals surface area contributed by atoms with E-state index >= 15 is 0 Å². The van der Waals surface area contributed by atoms with Crippen molar-refractivity contribution in [2.24, 2.45) is 0 Å². The number of morpholine rings is 1. The van der Waals surface area contributed by atoms with Gasteiger partial charge >= 0.3 is 0 Å². The molecule has 0 aromatic heterocycles. The number of benzene rings is 2. The molecule has 0 radical (unpaired) electrons. The molecular formula is C24H28N4O5. The summed E-state index contributed by atoms with van der Waals surface area (Å²) in [5.41, 5.74) is 5.86. The van der Waals surface area contributed by atoms with Gasteiger partial charge < -0.3 is 14.8 Å². The van der Waals surface area contributed by atoms with Crippen LogP contribution in [0.25, 0.3) is 6.08 Å². The zero-order chi connectivity index (χ0) is 23.5. The number of hydrogen-bond acceptors (Lipinski definition) is 6. The number of methoxy groups -OCH3 is 1. The third kappa shape index (κ3) is 7.74. The lowest BCUT2D eigenvalue weighted by Crippen LogP contribution is -2.46. The van der Waals surface area contributed by atoms with Gasteiger partial charge in [0.1, 0.15) is 11.4 Å². The summed E-state index contributed by atoms with van der Waals surface area (Å²) in [6.45, 7) is 3.43. The smallest absolute Gasteiger partial charge is 0.286 e. The summed E-state index contributed by atoms with van der Waals surface area (Å²) in [6, 6.07) is 15.5. The number of nitrogens with one attached hydrogen (secondary N) is 3. The van der Waals surface area contributed by atoms with Crippen LogP contribution in [-0.4, -0.2) is 62.6 Å². The van der Waals surface area contributed by atoms with Crippen LogP contribution >= 0.6 is 0 Å². The van der Waals surface area contributed by atoms with Crippen molar-refractivity contribution in [2.45, 2.75) is 6.42 Å². The van der Waals surface area contributed by atoms with Crippen molar-refractivity contribution in [3.63, 3.8) is 0 Å². The van der Waals surface area contributed by atoms with E-state index in [2.05, 4.69) is 21.1 Å². The minimum Gasteiger partial charge on any atom is -0.497 e. The molecule has 0 bridgehead atoms. The molecule has 1 saturated heterocycles. The molecule has 0 unspecified atom stereocenters. The van der Waals surface area contributed by atoms with Crippen molar-refractivity contribution >= 4 is 23.8 Å². The summed E-state index contributed by atoms with van der Waals surface area (Å²) in [5, 5.41) is 2.62. The number of nitrogens with zero attached hydrogens (tertiary/aromatic N) is 1. The molecule has 0 aliphatic carbocycles. The Balaban J connectivity index is 1.63. The van der Waals surface area contributed by atoms with Crippen LogP contribution in [-0.2, 0) is 14.3 Å². The maximum Gasteiger partial charge on any atom is 0.286 e. The number of hydrogen-bond donors (Lipinski definition) is 3. The molecule has 0 atom stereocenters. The summed E-state index contributed by atoms with van der Waals surface area (Å²) in [5.74, 6) is -0.744. The molecule has 2 aromatic rings. The molecule has 2 aromatic carbocycles. The Morgan fingerprint density at radius 1 is 1.00 bits per heavy atom. The number of hydrazine groups is 1. The summed E-state index contributed by atoms with van der Waals surface area (Å²) in [7, 11) is 1.56. The van der Waals surface area contributed by atoms with Crippen LogP contribution in [0.15, 0.2) is 60.3 Å². The summed E-state index contributed by atoms with van der Waals surface area (Å²) in [6.07, 6.45) is 1.75. The fourth-order valence-corrected chi connectivity index (χ4v) is 3.15. The number of carbonyl (C=O) groups excluding carboxylic acids is 3. The molecule has 3 rings (SSSR count). The van der Waals surface area contributed by atoms with E-state index in [0.717, 1.165) is 13.1 Å². The van der Waals surface area contributed by atoms with Gasteiger partial charge in [-0.3, -0.25) is 30.1 Å². The molecule has 1 fully saturated rings. The molecule has 174 valence electrons. The molecule has 9 heteroatoms. The minimum absolute atomic E-state index is 0.0116. The van der Waals surface area contributed by atoms with E-state index in [1.54, 1.807) is 61.7 Å². The Morgan fingerprint density at radius 3 is 2.36 bits per heavy atom. The Labute approximate surface area is 192 Å². The van der Waals surface area contributed by atoms with E-state index in [4.69, 9.17) is 9.47 Å². The van der Waals surface area contributed by atoms with Gasteiger partial charge in [-0.1, -0.05) is 30.3 Å². The SMILES string of the molecule is COc1ccc(C=C(NC(=O)c2ccccc2)C(=O)NNC(=O)CCN2CCOCC2)cc1. The van der Waals surface area contributed by atoms with Crippen molar-refractivity contribution in [1.82, 2.24) is 21.1 Å². The molecule has 1 heterocycles. The van der Waals surface area contributed by atoms with Gasteiger partial charge in [-0.15, -0.1) is 0 Å². The van der Waals surface area contributed by atoms with E-state index in [1.165, 1.54) is 6.08 Å². The molecular weight excluding hydrogens is 424 g/mol. The van der Waals surface area contributed by atoms with Gasteiger partial charge in [0.15, 0.2) is 0 Å². The number of ether oxygens (including phenoxy) is 2. The highest BCUT2D eigenvalue weighted by Crippen LogP contribution is 2.14. The van der Waals surface area contributed by atoms with Gasteiger partial charge in [0.2, 0.25) is 5.91 Å². The Bertz CT molecular complexity index is 970. The second kappa shape index (κ2) is 12.4. The standard InChI is InChI=1S/C24H28N4O5/c1-32-20-9-7-18(8-10-20)17-21(25-23(30)19-5-3-2-4-6-19)24(31)27-26-22(29)11-12-28-13-15-33-16-14-28/h2-10,17H,11-16H2,1H3,(H,25,30)(H,26,29)(H,27,31). The van der Waals surface area contributed by atoms with Gasteiger partial charge in [-0.05, 0) is 35.9 Å². The first-order valence-electron chi connectivity index (χ1n) is 10.7. The monoisotopic (exact) mass is 452 g/mol. The molecule has 0 saturated carbocycles. The molecule has 33 heavy (non-hydrogen) atoms. The first-order chi connectivity index (χ1) is 16.0. The van der Waals surface area contributed by atoms with E-state index in [1.807, 2.05) is 0 Å². The van der Waals surface area contributed by atoms with E-state index < -0.39 is 11.8 Å². The maximum absolute atomic E-state index is 12.8. The fourth-order valence-electron chi connectivity index (χ4n) is 3.15. The zero-order valence-corrected chi connectivity index (χ0v) is 18.5. The fraction of sp³-hybridized carbons (Fsp3) is 0.292. The third-order valence-corrected chi connectivity index (χ3v) is 5.03. The lowest BCUT2D eigenvalue weighted by Gasteiger charge is -2.26. The van der Waals surface area contributed by atoms with Gasteiger partial charge in [0.05, 0.1) is 20.3 Å². The Morgan fingerprint density at radius 2 is 1.70 bits per heavy atom. The van der Waals surface area contributed by atoms with E-state index in [0.29, 0.717) is 36.6 Å². The second-order valence-corrected chi connectivity index (χ2v) is 7.36. The summed E-state index contributed by atoms with van der Waals surface area (Å²) >= 11 is 0. The van der Waals surface area contributed by atoms with E-state index in [-0.39, 0.29) is 18.0 Å². The van der Waals surface area contributed by atoms with Gasteiger partial charge in [-0.25, -0.2) is 0 Å². The topological polar surface area (TPSA) is 109 Å². The highest BCUT2D eigenvalue weighted by atomic mass is 16.5. The largest absolute Gasteiger partial charge is 0.497 e. The predicted molar refractivity (Wildman–Crippen MR) is 123 cm³/mol. The van der Waals surface area contributed by atoms with E-state index in [9.17, 15) is 14.4 Å². The number of rotatable bonds is 8. The van der Waals surface area contributed by atoms with Crippen LogP contribution < -0.4 is 20.9 Å². The van der Waals surface area contributed by atoms with Crippen molar-refractivity contribution in [2.75, 3.05) is 40.0 Å². The zero-order valence-electron chi connectivity index (χ0n) is 18.5. The first-order valence-corrected chi connectivity index (χ1v) is 10.7. The molecule has 9 nitrogen and oxygen atoms in total. The molecule has 3 N–H and O–H groups in total. The molecule has 1 aliphatic rings.